The SMILES string of the molecule is Cn1ccc2cccc(NC(=O)N3CCN(C4CCCC4)CC3)c21. The van der Waals surface area contributed by atoms with E-state index in [1.54, 1.807) is 0 Å². The van der Waals surface area contributed by atoms with E-state index in [4.69, 9.17) is 0 Å². The van der Waals surface area contributed by atoms with Crippen LogP contribution in [-0.4, -0.2) is 52.6 Å². The summed E-state index contributed by atoms with van der Waals surface area (Å²) in [6, 6.07) is 8.91. The van der Waals surface area contributed by atoms with E-state index in [-0.39, 0.29) is 6.03 Å². The highest BCUT2D eigenvalue weighted by Gasteiger charge is 2.28. The van der Waals surface area contributed by atoms with Crippen LogP contribution in [0.4, 0.5) is 10.5 Å². The van der Waals surface area contributed by atoms with E-state index < -0.39 is 0 Å². The van der Waals surface area contributed by atoms with Gasteiger partial charge in [-0.3, -0.25) is 4.90 Å². The molecule has 1 aliphatic heterocycles. The van der Waals surface area contributed by atoms with Gasteiger partial charge in [0.15, 0.2) is 0 Å². The van der Waals surface area contributed by atoms with Gasteiger partial charge in [0.25, 0.3) is 0 Å². The molecule has 1 aromatic carbocycles. The molecule has 24 heavy (non-hydrogen) atoms. The number of aryl methyl sites for hydroxylation is 1. The molecule has 0 bridgehead atoms. The predicted molar refractivity (Wildman–Crippen MR) is 97.3 cm³/mol. The number of para-hydroxylation sites is 1. The highest BCUT2D eigenvalue weighted by molar-refractivity contribution is 6.00. The van der Waals surface area contributed by atoms with Crippen molar-refractivity contribution in [3.8, 4) is 0 Å². The van der Waals surface area contributed by atoms with Gasteiger partial charge in [0.05, 0.1) is 11.2 Å². The van der Waals surface area contributed by atoms with Crippen molar-refractivity contribution < 1.29 is 4.79 Å². The summed E-state index contributed by atoms with van der Waals surface area (Å²) in [5.41, 5.74) is 1.97. The zero-order valence-electron chi connectivity index (χ0n) is 14.4. The van der Waals surface area contributed by atoms with E-state index in [1.807, 2.05) is 30.3 Å². The topological polar surface area (TPSA) is 40.5 Å². The van der Waals surface area contributed by atoms with Crippen LogP contribution < -0.4 is 5.32 Å². The zero-order chi connectivity index (χ0) is 16.5. The normalized spacial score (nSPS) is 20.0. The molecule has 1 aromatic heterocycles. The van der Waals surface area contributed by atoms with Gasteiger partial charge in [-0.15, -0.1) is 0 Å². The Labute approximate surface area is 143 Å². The van der Waals surface area contributed by atoms with Crippen molar-refractivity contribution in [1.82, 2.24) is 14.4 Å². The molecule has 2 fully saturated rings. The van der Waals surface area contributed by atoms with E-state index in [1.165, 1.54) is 25.7 Å². The van der Waals surface area contributed by atoms with Gasteiger partial charge < -0.3 is 14.8 Å². The Morgan fingerprint density at radius 1 is 1.08 bits per heavy atom. The highest BCUT2D eigenvalue weighted by Crippen LogP contribution is 2.26. The van der Waals surface area contributed by atoms with Crippen molar-refractivity contribution >= 4 is 22.6 Å². The first-order valence-electron chi connectivity index (χ1n) is 9.06. The minimum absolute atomic E-state index is 0.0229. The molecule has 0 atom stereocenters. The van der Waals surface area contributed by atoms with Crippen LogP contribution in [0.1, 0.15) is 25.7 Å². The first-order valence-corrected chi connectivity index (χ1v) is 9.06. The molecule has 1 N–H and O–H groups in total. The molecule has 1 saturated heterocycles. The van der Waals surface area contributed by atoms with Crippen LogP contribution in [0.15, 0.2) is 30.5 Å². The Kier molecular flexibility index (Phi) is 4.19. The lowest BCUT2D eigenvalue weighted by atomic mass is 10.2. The van der Waals surface area contributed by atoms with Crippen molar-refractivity contribution in [3.63, 3.8) is 0 Å². The van der Waals surface area contributed by atoms with Crippen molar-refractivity contribution in [2.45, 2.75) is 31.7 Å². The molecule has 0 spiro atoms. The number of fused-ring (bicyclic) bond motifs is 1. The second kappa shape index (κ2) is 6.48. The number of benzene rings is 1. The second-order valence-corrected chi connectivity index (χ2v) is 7.06. The maximum absolute atomic E-state index is 12.7. The number of hydrogen-bond acceptors (Lipinski definition) is 2. The van der Waals surface area contributed by atoms with E-state index in [9.17, 15) is 4.79 Å². The molecule has 0 radical (unpaired) electrons. The third-order valence-corrected chi connectivity index (χ3v) is 5.58. The first kappa shape index (κ1) is 15.5. The van der Waals surface area contributed by atoms with Gasteiger partial charge in [-0.05, 0) is 25.0 Å². The summed E-state index contributed by atoms with van der Waals surface area (Å²) in [7, 11) is 2.01. The maximum atomic E-state index is 12.7. The van der Waals surface area contributed by atoms with E-state index in [2.05, 4.69) is 26.9 Å². The Morgan fingerprint density at radius 3 is 2.58 bits per heavy atom. The van der Waals surface area contributed by atoms with Crippen molar-refractivity contribution in [2.24, 2.45) is 7.05 Å². The van der Waals surface area contributed by atoms with Gasteiger partial charge in [-0.25, -0.2) is 4.79 Å². The zero-order valence-corrected chi connectivity index (χ0v) is 14.4. The number of rotatable bonds is 2. The molecule has 0 unspecified atom stereocenters. The fraction of sp³-hybridized carbons (Fsp3) is 0.526. The number of aromatic nitrogens is 1. The summed E-state index contributed by atoms with van der Waals surface area (Å²) in [5, 5.41) is 4.27. The number of hydrogen-bond donors (Lipinski definition) is 1. The minimum atomic E-state index is 0.0229. The summed E-state index contributed by atoms with van der Waals surface area (Å²) in [6.07, 6.45) is 7.43. The van der Waals surface area contributed by atoms with E-state index >= 15 is 0 Å². The predicted octanol–water partition coefficient (Wildman–Crippen LogP) is 3.27. The lowest BCUT2D eigenvalue weighted by Crippen LogP contribution is -2.52. The fourth-order valence-corrected chi connectivity index (χ4v) is 4.21. The number of urea groups is 1. The number of carbonyl (C=O) groups is 1. The van der Waals surface area contributed by atoms with Crippen molar-refractivity contribution in [1.29, 1.82) is 0 Å². The molecule has 2 amide bonds. The molecule has 1 saturated carbocycles. The van der Waals surface area contributed by atoms with Crippen LogP contribution in [-0.2, 0) is 7.05 Å². The Balaban J connectivity index is 1.40. The van der Waals surface area contributed by atoms with Gasteiger partial charge >= 0.3 is 6.03 Å². The smallest absolute Gasteiger partial charge is 0.321 e. The lowest BCUT2D eigenvalue weighted by molar-refractivity contribution is 0.115. The second-order valence-electron chi connectivity index (χ2n) is 7.06. The third kappa shape index (κ3) is 2.88. The van der Waals surface area contributed by atoms with Gasteiger partial charge in [-0.2, -0.15) is 0 Å². The average Bonchev–Trinajstić information content (AvgIpc) is 3.26. The summed E-state index contributed by atoms with van der Waals surface area (Å²) >= 11 is 0. The third-order valence-electron chi connectivity index (χ3n) is 5.58. The standard InChI is InChI=1S/C19H26N4O/c1-21-10-9-15-5-4-8-17(18(15)21)20-19(24)23-13-11-22(12-14-23)16-6-2-3-7-16/h4-5,8-10,16H,2-3,6-7,11-14H2,1H3,(H,20,24). The van der Waals surface area contributed by atoms with Crippen LogP contribution >= 0.6 is 0 Å². The molecule has 1 aliphatic carbocycles. The van der Waals surface area contributed by atoms with Crippen LogP contribution in [0, 0.1) is 0 Å². The molecular weight excluding hydrogens is 300 g/mol. The van der Waals surface area contributed by atoms with Crippen LogP contribution in [0.5, 0.6) is 0 Å². The number of nitrogens with one attached hydrogen (secondary N) is 1. The lowest BCUT2D eigenvalue weighted by Gasteiger charge is -2.38. The fourth-order valence-electron chi connectivity index (χ4n) is 4.21. The number of anilines is 1. The molecule has 2 aromatic rings. The van der Waals surface area contributed by atoms with E-state index in [0.29, 0.717) is 0 Å². The molecule has 2 heterocycles. The summed E-state index contributed by atoms with van der Waals surface area (Å²) in [5.74, 6) is 0. The molecule has 5 nitrogen and oxygen atoms in total. The van der Waals surface area contributed by atoms with Crippen molar-refractivity contribution in [2.75, 3.05) is 31.5 Å². The number of nitrogens with zero attached hydrogens (tertiary/aromatic N) is 3. The number of amides is 2. The Hall–Kier alpha value is -2.01. The average molecular weight is 326 g/mol. The molecule has 128 valence electrons. The van der Waals surface area contributed by atoms with Crippen LogP contribution in [0.2, 0.25) is 0 Å². The van der Waals surface area contributed by atoms with E-state index in [0.717, 1.165) is 48.8 Å². The maximum Gasteiger partial charge on any atom is 0.321 e. The van der Waals surface area contributed by atoms with Gasteiger partial charge in [0.1, 0.15) is 0 Å². The first-order chi connectivity index (χ1) is 11.7. The monoisotopic (exact) mass is 326 g/mol. The Bertz CT molecular complexity index is 724. The van der Waals surface area contributed by atoms with Crippen LogP contribution in [0.3, 0.4) is 0 Å². The largest absolute Gasteiger partial charge is 0.349 e. The van der Waals surface area contributed by atoms with Gasteiger partial charge in [0.2, 0.25) is 0 Å². The molecule has 5 heteroatoms. The number of piperazine rings is 1. The minimum Gasteiger partial charge on any atom is -0.349 e. The van der Waals surface area contributed by atoms with Crippen molar-refractivity contribution in [3.05, 3.63) is 30.5 Å². The molecule has 4 rings (SSSR count). The van der Waals surface area contributed by atoms with Gasteiger partial charge in [-0.1, -0.05) is 25.0 Å². The van der Waals surface area contributed by atoms with Crippen LogP contribution in [0.25, 0.3) is 10.9 Å². The summed E-state index contributed by atoms with van der Waals surface area (Å²) in [4.78, 5) is 17.2. The molecule has 2 aliphatic rings. The Morgan fingerprint density at radius 2 is 1.83 bits per heavy atom. The summed E-state index contributed by atoms with van der Waals surface area (Å²) < 4.78 is 2.06. The molecular formula is C19H26N4O. The van der Waals surface area contributed by atoms with Gasteiger partial charge in [0, 0.05) is 50.9 Å². The highest BCUT2D eigenvalue weighted by atomic mass is 16.2. The summed E-state index contributed by atoms with van der Waals surface area (Å²) in [6.45, 7) is 3.66. The number of carbonyl (C=O) groups excluding carboxylic acids is 1. The quantitative estimate of drug-likeness (QED) is 0.920.